The molecule has 3 aliphatic rings. The van der Waals surface area contributed by atoms with Crippen LogP contribution in [0.25, 0.3) is 0 Å². The molecule has 3 heterocycles. The molecule has 3 aromatic rings. The van der Waals surface area contributed by atoms with Gasteiger partial charge in [-0.25, -0.2) is 4.98 Å². The van der Waals surface area contributed by atoms with Crippen molar-refractivity contribution < 1.29 is 43.5 Å². The zero-order valence-electron chi connectivity index (χ0n) is 25.5. The molecule has 0 fully saturated rings. The van der Waals surface area contributed by atoms with E-state index in [0.717, 1.165) is 17.5 Å². The number of aliphatic hydroxyl groups excluding tert-OH is 1. The van der Waals surface area contributed by atoms with Crippen molar-refractivity contribution in [2.45, 2.75) is 49.5 Å². The summed E-state index contributed by atoms with van der Waals surface area (Å²) in [7, 11) is 4.14. The average molecular weight is 670 g/mol. The molecule has 0 saturated heterocycles. The lowest BCUT2D eigenvalue weighted by Gasteiger charge is -2.38. The maximum Gasteiger partial charge on any atom is 0.231 e. The van der Waals surface area contributed by atoms with Gasteiger partial charge in [0.25, 0.3) is 0 Å². The van der Waals surface area contributed by atoms with Crippen LogP contribution in [-0.2, 0) is 22.7 Å². The number of imidazole rings is 1. The van der Waals surface area contributed by atoms with E-state index in [9.17, 15) is 24.6 Å². The van der Waals surface area contributed by atoms with Gasteiger partial charge in [0.05, 0.1) is 33.6 Å². The van der Waals surface area contributed by atoms with Gasteiger partial charge in [0.15, 0.2) is 33.9 Å². The minimum absolute atomic E-state index is 0.00448. The van der Waals surface area contributed by atoms with Crippen LogP contribution in [-0.4, -0.2) is 69.9 Å². The zero-order valence-corrected chi connectivity index (χ0v) is 27.1. The summed E-state index contributed by atoms with van der Waals surface area (Å²) in [4.78, 5) is 46.1. The molecule has 0 saturated carbocycles. The number of rotatable bonds is 9. The Morgan fingerprint density at radius 3 is 2.61 bits per heavy atom. The summed E-state index contributed by atoms with van der Waals surface area (Å²) < 4.78 is 24.4. The lowest BCUT2D eigenvalue weighted by atomic mass is 9.69. The van der Waals surface area contributed by atoms with E-state index in [0.29, 0.717) is 11.3 Å². The van der Waals surface area contributed by atoms with Gasteiger partial charge < -0.3 is 39.0 Å². The maximum atomic E-state index is 14.3. The topological polar surface area (TPSA) is 158 Å². The highest BCUT2D eigenvalue weighted by atomic mass is 35.5. The molecule has 2 aliphatic heterocycles. The molecule has 1 aromatic heterocycles. The third kappa shape index (κ3) is 5.01. The number of thioether (sulfide) groups is 1. The van der Waals surface area contributed by atoms with Crippen LogP contribution in [0.4, 0.5) is 0 Å². The molecular weight excluding hydrogens is 638 g/mol. The average Bonchev–Trinajstić information content (AvgIpc) is 3.73. The number of carbonyl (C=O) groups excluding carboxylic acids is 3. The van der Waals surface area contributed by atoms with E-state index in [1.165, 1.54) is 45.6 Å². The van der Waals surface area contributed by atoms with Crippen molar-refractivity contribution in [2.75, 3.05) is 27.1 Å². The summed E-state index contributed by atoms with van der Waals surface area (Å²) >= 11 is 8.21. The van der Waals surface area contributed by atoms with Gasteiger partial charge in [0.2, 0.25) is 17.3 Å². The van der Waals surface area contributed by atoms with Crippen LogP contribution < -0.4 is 24.3 Å². The van der Waals surface area contributed by atoms with E-state index in [1.54, 1.807) is 18.7 Å². The Hall–Kier alpha value is -4.36. The van der Waals surface area contributed by atoms with E-state index in [4.69, 9.17) is 30.5 Å². The molecule has 1 unspecified atom stereocenters. The Bertz CT molecular complexity index is 1780. The van der Waals surface area contributed by atoms with Crippen molar-refractivity contribution in [3.8, 4) is 28.7 Å². The molecule has 1 spiro atoms. The second-order valence-electron chi connectivity index (χ2n) is 11.3. The highest BCUT2D eigenvalue weighted by molar-refractivity contribution is 7.99. The molecule has 3 N–H and O–H groups in total. The Morgan fingerprint density at radius 2 is 1.91 bits per heavy atom. The number of halogens is 1. The smallest absolute Gasteiger partial charge is 0.231 e. The number of aryl methyl sites for hydroxylation is 1. The number of nitrogens with one attached hydrogen (secondary N) is 1. The summed E-state index contributed by atoms with van der Waals surface area (Å²) in [5.41, 5.74) is -1.11. The second-order valence-corrected chi connectivity index (χ2v) is 12.7. The highest BCUT2D eigenvalue weighted by Crippen LogP contribution is 2.56. The van der Waals surface area contributed by atoms with E-state index in [-0.39, 0.29) is 64.3 Å². The van der Waals surface area contributed by atoms with Crippen LogP contribution in [0.2, 0.25) is 5.02 Å². The molecule has 242 valence electrons. The fraction of sp³-hybridized carbons (Fsp3) is 0.375. The molecule has 0 bridgehead atoms. The quantitative estimate of drug-likeness (QED) is 0.292. The van der Waals surface area contributed by atoms with Crippen molar-refractivity contribution >= 4 is 40.8 Å². The molecule has 2 aromatic carbocycles. The second kappa shape index (κ2) is 12.1. The Kier molecular flexibility index (Phi) is 8.32. The Morgan fingerprint density at radius 1 is 1.17 bits per heavy atom. The number of allylic oxidation sites excluding steroid dienone is 1. The lowest BCUT2D eigenvalue weighted by Crippen LogP contribution is -2.53. The number of phenols is 1. The molecule has 12 nitrogen and oxygen atoms in total. The number of ether oxygens (including phenoxy) is 4. The monoisotopic (exact) mass is 669 g/mol. The van der Waals surface area contributed by atoms with Gasteiger partial charge in [0, 0.05) is 54.8 Å². The number of fused-ring (bicyclic) bond motifs is 2. The molecule has 1 aliphatic carbocycles. The van der Waals surface area contributed by atoms with Crippen molar-refractivity contribution in [1.29, 1.82) is 0 Å². The molecule has 46 heavy (non-hydrogen) atoms. The number of Topliss-reactive ketones (excluding diaryl/α,β-unsaturated/α-hetero) is 2. The number of nitrogens with zero attached hydrogens (tertiary/aromatic N) is 2. The van der Waals surface area contributed by atoms with E-state index in [1.807, 2.05) is 10.8 Å². The molecule has 0 radical (unpaired) electrons. The van der Waals surface area contributed by atoms with Crippen LogP contribution in [0.5, 0.6) is 28.7 Å². The summed E-state index contributed by atoms with van der Waals surface area (Å²) in [5.74, 6) is -2.87. The van der Waals surface area contributed by atoms with Crippen LogP contribution >= 0.6 is 23.4 Å². The summed E-state index contributed by atoms with van der Waals surface area (Å²) in [6.45, 7) is 2.62. The lowest BCUT2D eigenvalue weighted by molar-refractivity contribution is -0.122. The van der Waals surface area contributed by atoms with Gasteiger partial charge in [-0.1, -0.05) is 36.4 Å². The SMILES string of the molecule is COc1cc(C(CC(=O)NCc2cn3c(n2)SCC3)C2=C(O)[C@@]3(Oc4c(Cl)c(OC)cc(OC)c4C3=O)[C@H](C)CC2=O)ccc1O. The van der Waals surface area contributed by atoms with E-state index in [2.05, 4.69) is 10.3 Å². The fourth-order valence-corrected chi connectivity index (χ4v) is 7.56. The van der Waals surface area contributed by atoms with Crippen LogP contribution in [0.1, 0.15) is 47.3 Å². The van der Waals surface area contributed by atoms with Gasteiger partial charge in [-0.3, -0.25) is 14.4 Å². The first-order valence-corrected chi connectivity index (χ1v) is 15.9. The van der Waals surface area contributed by atoms with Crippen LogP contribution in [0.3, 0.4) is 0 Å². The number of aromatic nitrogens is 2. The normalized spacial score (nSPS) is 20.8. The number of hydrogen-bond acceptors (Lipinski definition) is 11. The standard InChI is InChI=1S/C32H32ClN3O9S/c1-15-9-20(38)25(29(40)32(15)30(41)26-22(43-3)12-23(44-4)27(33)28(26)45-32)18(16-5-6-19(37)21(10-16)42-2)11-24(39)34-13-17-14-36-7-8-46-31(36)35-17/h5-6,10,12,14-15,18,37,40H,7-9,11,13H2,1-4H3,(H,34,39)/t15-,18?,32+/m1/s1. The van der Waals surface area contributed by atoms with Crippen molar-refractivity contribution in [3.05, 3.63) is 63.6 Å². The predicted octanol–water partition coefficient (Wildman–Crippen LogP) is 4.60. The molecular formula is C32H32ClN3O9S. The predicted molar refractivity (Wildman–Crippen MR) is 168 cm³/mol. The number of carbonyl (C=O) groups is 3. The summed E-state index contributed by atoms with van der Waals surface area (Å²) in [6.07, 6.45) is 1.42. The van der Waals surface area contributed by atoms with Gasteiger partial charge in [0.1, 0.15) is 22.1 Å². The highest BCUT2D eigenvalue weighted by Gasteiger charge is 2.61. The number of aliphatic hydroxyl groups is 1. The van der Waals surface area contributed by atoms with Gasteiger partial charge >= 0.3 is 0 Å². The number of amides is 1. The zero-order chi connectivity index (χ0) is 32.9. The Labute approximate surface area is 273 Å². The first-order valence-electron chi connectivity index (χ1n) is 14.5. The largest absolute Gasteiger partial charge is 0.507 e. The summed E-state index contributed by atoms with van der Waals surface area (Å²) in [5, 5.41) is 26.1. The third-order valence-corrected chi connectivity index (χ3v) is 10.0. The fourth-order valence-electron chi connectivity index (χ4n) is 6.33. The maximum absolute atomic E-state index is 14.3. The van der Waals surface area contributed by atoms with Gasteiger partial charge in [-0.15, -0.1) is 0 Å². The molecule has 3 atom stereocenters. The number of ketones is 2. The minimum atomic E-state index is -2.03. The Balaban J connectivity index is 1.42. The van der Waals surface area contributed by atoms with Crippen molar-refractivity contribution in [3.63, 3.8) is 0 Å². The first kappa shape index (κ1) is 31.6. The molecule has 6 rings (SSSR count). The van der Waals surface area contributed by atoms with Gasteiger partial charge in [-0.05, 0) is 17.7 Å². The number of benzene rings is 2. The number of phenolic OH excluding ortho intramolecular Hbond substituents is 1. The number of aromatic hydroxyl groups is 1. The van der Waals surface area contributed by atoms with Crippen LogP contribution in [0.15, 0.2) is 47.0 Å². The van der Waals surface area contributed by atoms with Crippen LogP contribution in [0, 0.1) is 5.92 Å². The first-order chi connectivity index (χ1) is 22.0. The van der Waals surface area contributed by atoms with E-state index >= 15 is 0 Å². The van der Waals surface area contributed by atoms with E-state index < -0.39 is 40.7 Å². The van der Waals surface area contributed by atoms with Crippen molar-refractivity contribution in [2.24, 2.45) is 5.92 Å². The molecule has 14 heteroatoms. The van der Waals surface area contributed by atoms with Gasteiger partial charge in [-0.2, -0.15) is 0 Å². The minimum Gasteiger partial charge on any atom is -0.507 e. The summed E-state index contributed by atoms with van der Waals surface area (Å²) in [6, 6.07) is 5.84. The number of hydrogen-bond donors (Lipinski definition) is 3. The third-order valence-electron chi connectivity index (χ3n) is 8.68. The van der Waals surface area contributed by atoms with Crippen molar-refractivity contribution in [1.82, 2.24) is 14.9 Å². The number of methoxy groups -OCH3 is 3. The molecule has 1 amide bonds.